The minimum atomic E-state index is -0.550. The summed E-state index contributed by atoms with van der Waals surface area (Å²) in [5, 5.41) is 11.3. The SMILES string of the molecule is Fc1ccc(CN2CCN(c3nc4cnncc4nc3NC3CC3)CC2)c(F)c1. The van der Waals surface area contributed by atoms with Gasteiger partial charge in [-0.25, -0.2) is 18.7 Å². The molecule has 7 nitrogen and oxygen atoms in total. The van der Waals surface area contributed by atoms with Crippen molar-refractivity contribution in [3.63, 3.8) is 0 Å². The summed E-state index contributed by atoms with van der Waals surface area (Å²) < 4.78 is 27.1. The van der Waals surface area contributed by atoms with E-state index in [4.69, 9.17) is 9.97 Å². The van der Waals surface area contributed by atoms with E-state index in [1.165, 1.54) is 12.1 Å². The second-order valence-corrected chi connectivity index (χ2v) is 7.57. The van der Waals surface area contributed by atoms with E-state index in [-0.39, 0.29) is 0 Å². The van der Waals surface area contributed by atoms with Gasteiger partial charge in [0.25, 0.3) is 0 Å². The standard InChI is InChI=1S/C20H21F2N7/c21-14-2-1-13(16(22)9-14)12-28-5-7-29(8-6-28)20-19(25-15-3-4-15)26-17-10-23-24-11-18(17)27-20/h1-2,9-11,15H,3-8,12H2,(H,25,26). The summed E-state index contributed by atoms with van der Waals surface area (Å²) in [6, 6.07) is 4.22. The maximum atomic E-state index is 14.0. The third-order valence-electron chi connectivity index (χ3n) is 5.36. The molecule has 2 aromatic heterocycles. The van der Waals surface area contributed by atoms with Gasteiger partial charge < -0.3 is 10.2 Å². The van der Waals surface area contributed by atoms with Gasteiger partial charge in [0.05, 0.1) is 12.4 Å². The van der Waals surface area contributed by atoms with Crippen molar-refractivity contribution in [3.05, 3.63) is 47.8 Å². The minimum absolute atomic E-state index is 0.457. The Morgan fingerprint density at radius 3 is 2.38 bits per heavy atom. The molecule has 0 spiro atoms. The number of rotatable bonds is 5. The normalized spacial score (nSPS) is 17.7. The molecule has 3 heterocycles. The van der Waals surface area contributed by atoms with Crippen molar-refractivity contribution in [1.29, 1.82) is 0 Å². The second kappa shape index (κ2) is 7.47. The van der Waals surface area contributed by atoms with Crippen molar-refractivity contribution >= 4 is 22.7 Å². The predicted molar refractivity (Wildman–Crippen MR) is 106 cm³/mol. The zero-order valence-corrected chi connectivity index (χ0v) is 15.9. The largest absolute Gasteiger partial charge is 0.364 e. The van der Waals surface area contributed by atoms with Crippen molar-refractivity contribution in [2.75, 3.05) is 36.4 Å². The first-order valence-electron chi connectivity index (χ1n) is 9.82. The number of anilines is 2. The first-order chi connectivity index (χ1) is 14.2. The number of hydrogen-bond acceptors (Lipinski definition) is 7. The Hall–Kier alpha value is -2.94. The number of fused-ring (bicyclic) bond motifs is 1. The van der Waals surface area contributed by atoms with Crippen LogP contribution in [0.1, 0.15) is 18.4 Å². The molecule has 1 saturated heterocycles. The molecule has 1 aromatic carbocycles. The van der Waals surface area contributed by atoms with Gasteiger partial charge in [-0.1, -0.05) is 6.07 Å². The van der Waals surface area contributed by atoms with Crippen LogP contribution < -0.4 is 10.2 Å². The molecule has 1 N–H and O–H groups in total. The van der Waals surface area contributed by atoms with Gasteiger partial charge in [-0.05, 0) is 18.9 Å². The molecule has 3 aromatic rings. The minimum Gasteiger partial charge on any atom is -0.364 e. The van der Waals surface area contributed by atoms with Gasteiger partial charge in [-0.3, -0.25) is 4.90 Å². The summed E-state index contributed by atoms with van der Waals surface area (Å²) in [5.41, 5.74) is 1.95. The number of halogens is 2. The molecule has 1 saturated carbocycles. The van der Waals surface area contributed by atoms with Crippen molar-refractivity contribution in [3.8, 4) is 0 Å². The lowest BCUT2D eigenvalue weighted by atomic mass is 10.1. The van der Waals surface area contributed by atoms with Gasteiger partial charge in [0.1, 0.15) is 22.7 Å². The highest BCUT2D eigenvalue weighted by Gasteiger charge is 2.27. The summed E-state index contributed by atoms with van der Waals surface area (Å²) in [5.74, 6) is 0.562. The van der Waals surface area contributed by atoms with E-state index >= 15 is 0 Å². The lowest BCUT2D eigenvalue weighted by Crippen LogP contribution is -2.46. The van der Waals surface area contributed by atoms with Crippen LogP contribution in [0.5, 0.6) is 0 Å². The smallest absolute Gasteiger partial charge is 0.172 e. The number of piperazine rings is 1. The van der Waals surface area contributed by atoms with E-state index in [1.807, 2.05) is 0 Å². The number of nitrogens with zero attached hydrogens (tertiary/aromatic N) is 6. The highest BCUT2D eigenvalue weighted by molar-refractivity contribution is 5.79. The first kappa shape index (κ1) is 18.1. The highest BCUT2D eigenvalue weighted by atomic mass is 19.1. The van der Waals surface area contributed by atoms with Crippen LogP contribution in [0.4, 0.5) is 20.4 Å². The maximum Gasteiger partial charge on any atom is 0.172 e. The van der Waals surface area contributed by atoms with Gasteiger partial charge in [-0.15, -0.1) is 0 Å². The number of aromatic nitrogens is 4. The summed E-state index contributed by atoms with van der Waals surface area (Å²) in [6.07, 6.45) is 5.54. The zero-order chi connectivity index (χ0) is 19.8. The zero-order valence-electron chi connectivity index (χ0n) is 15.9. The van der Waals surface area contributed by atoms with Crippen LogP contribution in [-0.2, 0) is 6.54 Å². The fourth-order valence-corrected chi connectivity index (χ4v) is 3.57. The Labute approximate surface area is 166 Å². The van der Waals surface area contributed by atoms with E-state index in [0.29, 0.717) is 23.7 Å². The number of hydrogen-bond donors (Lipinski definition) is 1. The molecule has 1 aliphatic carbocycles. The quantitative estimate of drug-likeness (QED) is 0.710. The Kier molecular flexibility index (Phi) is 4.67. The van der Waals surface area contributed by atoms with Gasteiger partial charge in [0.15, 0.2) is 11.6 Å². The van der Waals surface area contributed by atoms with Gasteiger partial charge in [-0.2, -0.15) is 10.2 Å². The molecule has 0 atom stereocenters. The van der Waals surface area contributed by atoms with E-state index in [1.54, 1.807) is 12.4 Å². The fraction of sp³-hybridized carbons (Fsp3) is 0.400. The monoisotopic (exact) mass is 397 g/mol. The van der Waals surface area contributed by atoms with Crippen LogP contribution in [0, 0.1) is 11.6 Å². The number of benzene rings is 1. The summed E-state index contributed by atoms with van der Waals surface area (Å²) in [6.45, 7) is 3.48. The van der Waals surface area contributed by atoms with Gasteiger partial charge in [0.2, 0.25) is 0 Å². The molecule has 1 aliphatic heterocycles. The fourth-order valence-electron chi connectivity index (χ4n) is 3.57. The Morgan fingerprint density at radius 1 is 0.966 bits per heavy atom. The molecule has 150 valence electrons. The molecule has 0 radical (unpaired) electrons. The third-order valence-corrected chi connectivity index (χ3v) is 5.36. The van der Waals surface area contributed by atoms with Crippen LogP contribution >= 0.6 is 0 Å². The molecular formula is C20H21F2N7. The molecule has 0 bridgehead atoms. The van der Waals surface area contributed by atoms with Crippen molar-refractivity contribution in [1.82, 2.24) is 25.1 Å². The van der Waals surface area contributed by atoms with Gasteiger partial charge in [0, 0.05) is 50.4 Å². The average Bonchev–Trinajstić information content (AvgIpc) is 3.54. The van der Waals surface area contributed by atoms with E-state index in [9.17, 15) is 8.78 Å². The second-order valence-electron chi connectivity index (χ2n) is 7.57. The van der Waals surface area contributed by atoms with Crippen LogP contribution in [0.25, 0.3) is 11.0 Å². The third kappa shape index (κ3) is 3.95. The molecule has 2 aliphatic rings. The molecule has 5 rings (SSSR count). The predicted octanol–water partition coefficient (Wildman–Crippen LogP) is 2.59. The molecule has 2 fully saturated rings. The van der Waals surface area contributed by atoms with Crippen LogP contribution in [0.15, 0.2) is 30.6 Å². The highest BCUT2D eigenvalue weighted by Crippen LogP contribution is 2.31. The van der Waals surface area contributed by atoms with Crippen molar-refractivity contribution in [2.45, 2.75) is 25.4 Å². The first-order valence-corrected chi connectivity index (χ1v) is 9.82. The molecule has 29 heavy (non-hydrogen) atoms. The van der Waals surface area contributed by atoms with Crippen LogP contribution in [0.2, 0.25) is 0 Å². The van der Waals surface area contributed by atoms with Crippen molar-refractivity contribution in [2.24, 2.45) is 0 Å². The van der Waals surface area contributed by atoms with E-state index < -0.39 is 11.6 Å². The maximum absolute atomic E-state index is 14.0. The van der Waals surface area contributed by atoms with E-state index in [0.717, 1.165) is 62.2 Å². The topological polar surface area (TPSA) is 70.1 Å². The Bertz CT molecular complexity index is 1030. The lowest BCUT2D eigenvalue weighted by Gasteiger charge is -2.36. The van der Waals surface area contributed by atoms with E-state index in [2.05, 4.69) is 25.3 Å². The van der Waals surface area contributed by atoms with Gasteiger partial charge >= 0.3 is 0 Å². The average molecular weight is 397 g/mol. The molecule has 9 heteroatoms. The summed E-state index contributed by atoms with van der Waals surface area (Å²) >= 11 is 0. The van der Waals surface area contributed by atoms with Crippen LogP contribution in [-0.4, -0.2) is 57.3 Å². The molecular weight excluding hydrogens is 376 g/mol. The van der Waals surface area contributed by atoms with Crippen LogP contribution in [0.3, 0.4) is 0 Å². The Balaban J connectivity index is 1.32. The Morgan fingerprint density at radius 2 is 1.69 bits per heavy atom. The summed E-state index contributed by atoms with van der Waals surface area (Å²) in [4.78, 5) is 13.9. The molecule has 0 amide bonds. The lowest BCUT2D eigenvalue weighted by molar-refractivity contribution is 0.246. The number of nitrogens with one attached hydrogen (secondary N) is 1. The summed E-state index contributed by atoms with van der Waals surface area (Å²) in [7, 11) is 0. The van der Waals surface area contributed by atoms with Crippen molar-refractivity contribution < 1.29 is 8.78 Å². The molecule has 0 unspecified atom stereocenters.